The van der Waals surface area contributed by atoms with E-state index in [0.717, 1.165) is 11.3 Å². The lowest BCUT2D eigenvalue weighted by Gasteiger charge is -2.19. The molecule has 0 spiro atoms. The summed E-state index contributed by atoms with van der Waals surface area (Å²) >= 11 is 0. The van der Waals surface area contributed by atoms with Gasteiger partial charge in [0.1, 0.15) is 0 Å². The Balaban J connectivity index is 2.87. The van der Waals surface area contributed by atoms with Crippen LogP contribution in [0.1, 0.15) is 19.4 Å². The van der Waals surface area contributed by atoms with Crippen molar-refractivity contribution in [1.82, 2.24) is 4.90 Å². The molecule has 18 heavy (non-hydrogen) atoms. The number of benzene rings is 1. The summed E-state index contributed by atoms with van der Waals surface area (Å²) in [5, 5.41) is 2.87. The molecule has 0 fully saturated rings. The van der Waals surface area contributed by atoms with Gasteiger partial charge in [-0.2, -0.15) is 0 Å². The van der Waals surface area contributed by atoms with Crippen LogP contribution >= 0.6 is 0 Å². The molecular weight excluding hydrogens is 226 g/mol. The molecule has 0 aliphatic heterocycles. The van der Waals surface area contributed by atoms with E-state index in [1.54, 1.807) is 4.90 Å². The maximum atomic E-state index is 11.9. The van der Waals surface area contributed by atoms with Crippen molar-refractivity contribution in [3.05, 3.63) is 29.8 Å². The number of carbonyl (C=O) groups excluding carboxylic acids is 1. The molecule has 0 aromatic heterocycles. The van der Waals surface area contributed by atoms with Gasteiger partial charge in [0.05, 0.1) is 12.2 Å². The molecule has 1 aromatic rings. The molecule has 3 N–H and O–H groups in total. The zero-order valence-electron chi connectivity index (χ0n) is 10.9. The van der Waals surface area contributed by atoms with Gasteiger partial charge in [0, 0.05) is 18.7 Å². The van der Waals surface area contributed by atoms with Crippen molar-refractivity contribution in [2.24, 2.45) is 5.73 Å². The van der Waals surface area contributed by atoms with Gasteiger partial charge in [0.25, 0.3) is 0 Å². The predicted molar refractivity (Wildman–Crippen MR) is 74.3 cm³/mol. The number of nitrogens with zero attached hydrogens (tertiary/aromatic N) is 1. The highest BCUT2D eigenvalue weighted by Gasteiger charge is 2.10. The third-order valence-electron chi connectivity index (χ3n) is 2.54. The van der Waals surface area contributed by atoms with Crippen molar-refractivity contribution < 1.29 is 4.79 Å². The highest BCUT2D eigenvalue weighted by molar-refractivity contribution is 5.90. The van der Waals surface area contributed by atoms with Crippen LogP contribution in [0.4, 0.5) is 10.5 Å². The van der Waals surface area contributed by atoms with Crippen LogP contribution in [-0.4, -0.2) is 30.6 Å². The monoisotopic (exact) mass is 245 g/mol. The van der Waals surface area contributed by atoms with E-state index in [0.29, 0.717) is 19.6 Å². The van der Waals surface area contributed by atoms with E-state index >= 15 is 0 Å². The Morgan fingerprint density at radius 2 is 2.00 bits per heavy atom. The predicted octanol–water partition coefficient (Wildman–Crippen LogP) is 1.87. The van der Waals surface area contributed by atoms with Crippen LogP contribution < -0.4 is 11.1 Å². The topological polar surface area (TPSA) is 58.4 Å². The molecule has 0 saturated heterocycles. The Morgan fingerprint density at radius 3 is 2.61 bits per heavy atom. The first kappa shape index (κ1) is 14.1. The summed E-state index contributed by atoms with van der Waals surface area (Å²) in [6, 6.07) is 7.34. The fraction of sp³-hybridized carbons (Fsp3) is 0.357. The number of amides is 2. The summed E-state index contributed by atoms with van der Waals surface area (Å²) in [5.74, 6) is 5.73. The molecule has 0 unspecified atom stereocenters. The molecule has 2 amide bonds. The standard InChI is InChI=1S/C14H19N3O/c1-3-17(4-2)14(18)16-13-10-6-5-8-12(13)9-7-11-15/h5-6,8,10H,3-4,11,15H2,1-2H3,(H,16,18). The molecule has 0 heterocycles. The number of urea groups is 1. The molecule has 0 bridgehead atoms. The van der Waals surface area contributed by atoms with Gasteiger partial charge in [-0.05, 0) is 26.0 Å². The van der Waals surface area contributed by atoms with E-state index < -0.39 is 0 Å². The summed E-state index contributed by atoms with van der Waals surface area (Å²) < 4.78 is 0. The number of carbonyl (C=O) groups is 1. The molecule has 1 aromatic carbocycles. The lowest BCUT2D eigenvalue weighted by atomic mass is 10.2. The molecule has 0 aliphatic carbocycles. The average Bonchev–Trinajstić information content (AvgIpc) is 2.39. The van der Waals surface area contributed by atoms with Crippen LogP contribution in [0.15, 0.2) is 24.3 Å². The van der Waals surface area contributed by atoms with Crippen molar-refractivity contribution in [2.75, 3.05) is 25.0 Å². The van der Waals surface area contributed by atoms with E-state index in [1.165, 1.54) is 0 Å². The smallest absolute Gasteiger partial charge is 0.321 e. The second-order valence-electron chi connectivity index (χ2n) is 3.65. The number of nitrogens with one attached hydrogen (secondary N) is 1. The highest BCUT2D eigenvalue weighted by atomic mass is 16.2. The van der Waals surface area contributed by atoms with E-state index in [9.17, 15) is 4.79 Å². The largest absolute Gasteiger partial charge is 0.325 e. The van der Waals surface area contributed by atoms with Crippen molar-refractivity contribution >= 4 is 11.7 Å². The van der Waals surface area contributed by atoms with Crippen LogP contribution in [0, 0.1) is 11.8 Å². The van der Waals surface area contributed by atoms with Gasteiger partial charge in [-0.3, -0.25) is 0 Å². The van der Waals surface area contributed by atoms with Crippen LogP contribution in [-0.2, 0) is 0 Å². The number of para-hydroxylation sites is 1. The maximum absolute atomic E-state index is 11.9. The van der Waals surface area contributed by atoms with E-state index in [-0.39, 0.29) is 6.03 Å². The number of rotatable bonds is 3. The number of hydrogen-bond acceptors (Lipinski definition) is 2. The van der Waals surface area contributed by atoms with Crippen molar-refractivity contribution in [2.45, 2.75) is 13.8 Å². The molecule has 4 heteroatoms. The van der Waals surface area contributed by atoms with Crippen molar-refractivity contribution in [3.63, 3.8) is 0 Å². The second kappa shape index (κ2) is 7.36. The summed E-state index contributed by atoms with van der Waals surface area (Å²) in [4.78, 5) is 13.7. The number of hydrogen-bond donors (Lipinski definition) is 2. The highest BCUT2D eigenvalue weighted by Crippen LogP contribution is 2.14. The Hall–Kier alpha value is -1.99. The molecule has 0 saturated carbocycles. The van der Waals surface area contributed by atoms with Gasteiger partial charge >= 0.3 is 6.03 Å². The molecular formula is C14H19N3O. The van der Waals surface area contributed by atoms with Crippen LogP contribution in [0.5, 0.6) is 0 Å². The van der Waals surface area contributed by atoms with Crippen molar-refractivity contribution in [3.8, 4) is 11.8 Å². The molecule has 4 nitrogen and oxygen atoms in total. The Kier molecular flexibility index (Phi) is 5.75. The first-order valence-electron chi connectivity index (χ1n) is 6.06. The van der Waals surface area contributed by atoms with Crippen LogP contribution in [0.25, 0.3) is 0 Å². The quantitative estimate of drug-likeness (QED) is 0.799. The van der Waals surface area contributed by atoms with Gasteiger partial charge < -0.3 is 16.0 Å². The first-order chi connectivity index (χ1) is 8.72. The van der Waals surface area contributed by atoms with Gasteiger partial charge in [0.2, 0.25) is 0 Å². The molecule has 1 rings (SSSR count). The second-order valence-corrected chi connectivity index (χ2v) is 3.65. The number of nitrogens with two attached hydrogens (primary N) is 1. The zero-order valence-corrected chi connectivity index (χ0v) is 10.9. The van der Waals surface area contributed by atoms with Crippen LogP contribution in [0.3, 0.4) is 0 Å². The normalized spacial score (nSPS) is 9.28. The molecule has 0 radical (unpaired) electrons. The first-order valence-corrected chi connectivity index (χ1v) is 6.06. The molecule has 0 aliphatic rings. The maximum Gasteiger partial charge on any atom is 0.321 e. The van der Waals surface area contributed by atoms with Crippen LogP contribution in [0.2, 0.25) is 0 Å². The third kappa shape index (κ3) is 3.79. The minimum Gasteiger partial charge on any atom is -0.325 e. The molecule has 96 valence electrons. The van der Waals surface area contributed by atoms with Gasteiger partial charge in [-0.15, -0.1) is 0 Å². The third-order valence-corrected chi connectivity index (χ3v) is 2.54. The Morgan fingerprint density at radius 1 is 1.33 bits per heavy atom. The fourth-order valence-corrected chi connectivity index (χ4v) is 1.55. The summed E-state index contributed by atoms with van der Waals surface area (Å²) in [7, 11) is 0. The average molecular weight is 245 g/mol. The SMILES string of the molecule is CCN(CC)C(=O)Nc1ccccc1C#CCN. The van der Waals surface area contributed by atoms with Gasteiger partial charge in [0.15, 0.2) is 0 Å². The van der Waals surface area contributed by atoms with E-state index in [4.69, 9.17) is 5.73 Å². The van der Waals surface area contributed by atoms with Gasteiger partial charge in [-0.25, -0.2) is 4.79 Å². The summed E-state index contributed by atoms with van der Waals surface area (Å²) in [6.07, 6.45) is 0. The summed E-state index contributed by atoms with van der Waals surface area (Å²) in [5.41, 5.74) is 6.85. The lowest BCUT2D eigenvalue weighted by molar-refractivity contribution is 0.217. The van der Waals surface area contributed by atoms with E-state index in [2.05, 4.69) is 17.2 Å². The Labute approximate surface area is 108 Å². The minimum absolute atomic E-state index is 0.109. The number of anilines is 1. The molecule has 0 atom stereocenters. The fourth-order valence-electron chi connectivity index (χ4n) is 1.55. The Bertz CT molecular complexity index is 456. The van der Waals surface area contributed by atoms with Gasteiger partial charge in [-0.1, -0.05) is 24.0 Å². The minimum atomic E-state index is -0.109. The zero-order chi connectivity index (χ0) is 13.4. The van der Waals surface area contributed by atoms with E-state index in [1.807, 2.05) is 38.1 Å². The lowest BCUT2D eigenvalue weighted by Crippen LogP contribution is -2.34. The summed E-state index contributed by atoms with van der Waals surface area (Å²) in [6.45, 7) is 5.56. The van der Waals surface area contributed by atoms with Crippen molar-refractivity contribution in [1.29, 1.82) is 0 Å².